The number of para-hydroxylation sites is 1. The van der Waals surface area contributed by atoms with Crippen LogP contribution >= 0.6 is 0 Å². The van der Waals surface area contributed by atoms with Gasteiger partial charge in [0.15, 0.2) is 0 Å². The van der Waals surface area contributed by atoms with E-state index in [9.17, 15) is 9.59 Å². The van der Waals surface area contributed by atoms with Crippen LogP contribution in [0.1, 0.15) is 38.8 Å². The van der Waals surface area contributed by atoms with E-state index in [4.69, 9.17) is 4.74 Å². The van der Waals surface area contributed by atoms with Crippen LogP contribution in [0.3, 0.4) is 0 Å². The van der Waals surface area contributed by atoms with Gasteiger partial charge in [-0.05, 0) is 26.8 Å². The van der Waals surface area contributed by atoms with E-state index >= 15 is 0 Å². The zero-order valence-corrected chi connectivity index (χ0v) is 12.6. The second-order valence-corrected chi connectivity index (χ2v) is 6.19. The highest BCUT2D eigenvalue weighted by Gasteiger charge is 2.47. The lowest BCUT2D eigenvalue weighted by molar-refractivity contribution is -0.156. The minimum Gasteiger partial charge on any atom is -0.493 e. The standard InChI is InChI=1S/C16H20N2O3/c1-10-14(19)17-16(2,3)15(20)18(10)12-8-9-21-13-7-5-4-6-11(12)13/h4-7,10,12H,8-9H2,1-3H3,(H,17,19). The molecule has 5 nitrogen and oxygen atoms in total. The van der Waals surface area contributed by atoms with Gasteiger partial charge in [0.25, 0.3) is 0 Å². The fourth-order valence-electron chi connectivity index (χ4n) is 3.11. The Balaban J connectivity index is 2.03. The monoisotopic (exact) mass is 288 g/mol. The lowest BCUT2D eigenvalue weighted by Gasteiger charge is -2.46. The second kappa shape index (κ2) is 4.76. The van der Waals surface area contributed by atoms with E-state index in [2.05, 4.69) is 5.32 Å². The van der Waals surface area contributed by atoms with Crippen molar-refractivity contribution >= 4 is 11.8 Å². The third kappa shape index (κ3) is 2.17. The molecule has 0 aromatic heterocycles. The molecular weight excluding hydrogens is 268 g/mol. The molecule has 2 aliphatic rings. The zero-order valence-electron chi connectivity index (χ0n) is 12.6. The normalized spacial score (nSPS) is 27.7. The van der Waals surface area contributed by atoms with Crippen LogP contribution in [0.4, 0.5) is 0 Å². The van der Waals surface area contributed by atoms with E-state index in [1.165, 1.54) is 0 Å². The SMILES string of the molecule is CC1C(=O)NC(C)(C)C(=O)N1C1CCOc2ccccc21. The van der Waals surface area contributed by atoms with Crippen LogP contribution in [0.5, 0.6) is 5.75 Å². The van der Waals surface area contributed by atoms with Crippen molar-refractivity contribution in [2.45, 2.75) is 44.8 Å². The first kappa shape index (κ1) is 13.9. The molecule has 0 saturated carbocycles. The van der Waals surface area contributed by atoms with Crippen LogP contribution in [0.2, 0.25) is 0 Å². The first-order valence-electron chi connectivity index (χ1n) is 7.28. The molecule has 0 spiro atoms. The van der Waals surface area contributed by atoms with E-state index < -0.39 is 11.6 Å². The second-order valence-electron chi connectivity index (χ2n) is 6.19. The predicted octanol–water partition coefficient (Wildman–Crippen LogP) is 1.64. The summed E-state index contributed by atoms with van der Waals surface area (Å²) in [6.07, 6.45) is 0.705. The highest BCUT2D eigenvalue weighted by atomic mass is 16.5. The minimum absolute atomic E-state index is 0.0451. The van der Waals surface area contributed by atoms with Gasteiger partial charge < -0.3 is 15.0 Å². The lowest BCUT2D eigenvalue weighted by Crippen LogP contribution is -2.68. The molecule has 1 aromatic carbocycles. The Hall–Kier alpha value is -2.04. The third-order valence-electron chi connectivity index (χ3n) is 4.26. The average molecular weight is 288 g/mol. The van der Waals surface area contributed by atoms with Crippen molar-refractivity contribution in [1.82, 2.24) is 10.2 Å². The average Bonchev–Trinajstić information content (AvgIpc) is 2.45. The summed E-state index contributed by atoms with van der Waals surface area (Å²) < 4.78 is 5.66. The fourth-order valence-corrected chi connectivity index (χ4v) is 3.11. The molecule has 2 unspecified atom stereocenters. The molecule has 1 saturated heterocycles. The molecule has 5 heteroatoms. The summed E-state index contributed by atoms with van der Waals surface area (Å²) >= 11 is 0. The fraction of sp³-hybridized carbons (Fsp3) is 0.500. The summed E-state index contributed by atoms with van der Waals surface area (Å²) in [5.74, 6) is 0.650. The number of rotatable bonds is 1. The zero-order chi connectivity index (χ0) is 15.2. The summed E-state index contributed by atoms with van der Waals surface area (Å²) in [6.45, 7) is 5.83. The van der Waals surface area contributed by atoms with Gasteiger partial charge in [-0.1, -0.05) is 18.2 Å². The number of nitrogens with zero attached hydrogens (tertiary/aromatic N) is 1. The van der Waals surface area contributed by atoms with Crippen LogP contribution in [-0.2, 0) is 9.59 Å². The largest absolute Gasteiger partial charge is 0.493 e. The molecule has 21 heavy (non-hydrogen) atoms. The van der Waals surface area contributed by atoms with Crippen LogP contribution in [-0.4, -0.2) is 34.9 Å². The molecule has 0 bridgehead atoms. The van der Waals surface area contributed by atoms with Gasteiger partial charge in [-0.2, -0.15) is 0 Å². The number of benzene rings is 1. The Morgan fingerprint density at radius 3 is 2.76 bits per heavy atom. The number of carbonyl (C=O) groups excluding carboxylic acids is 2. The van der Waals surface area contributed by atoms with E-state index in [0.29, 0.717) is 13.0 Å². The Morgan fingerprint density at radius 1 is 1.29 bits per heavy atom. The summed E-state index contributed by atoms with van der Waals surface area (Å²) in [5, 5.41) is 2.79. The number of nitrogens with one attached hydrogen (secondary N) is 1. The number of ether oxygens (including phenoxy) is 1. The number of piperazine rings is 1. The molecular formula is C16H20N2O3. The van der Waals surface area contributed by atoms with Crippen LogP contribution in [0.25, 0.3) is 0 Å². The maximum Gasteiger partial charge on any atom is 0.248 e. The van der Waals surface area contributed by atoms with E-state index in [1.54, 1.807) is 25.7 Å². The van der Waals surface area contributed by atoms with Crippen molar-refractivity contribution in [3.05, 3.63) is 29.8 Å². The molecule has 1 fully saturated rings. The van der Waals surface area contributed by atoms with Crippen molar-refractivity contribution < 1.29 is 14.3 Å². The topological polar surface area (TPSA) is 58.6 Å². The van der Waals surface area contributed by atoms with Crippen molar-refractivity contribution in [1.29, 1.82) is 0 Å². The van der Waals surface area contributed by atoms with Crippen molar-refractivity contribution in [2.24, 2.45) is 0 Å². The number of hydrogen-bond acceptors (Lipinski definition) is 3. The van der Waals surface area contributed by atoms with Crippen LogP contribution in [0, 0.1) is 0 Å². The Kier molecular flexibility index (Phi) is 3.15. The van der Waals surface area contributed by atoms with Crippen LogP contribution < -0.4 is 10.1 Å². The van der Waals surface area contributed by atoms with Crippen molar-refractivity contribution in [3.63, 3.8) is 0 Å². The smallest absolute Gasteiger partial charge is 0.248 e. The maximum absolute atomic E-state index is 12.8. The molecule has 3 rings (SSSR count). The van der Waals surface area contributed by atoms with Crippen molar-refractivity contribution in [2.75, 3.05) is 6.61 Å². The van der Waals surface area contributed by atoms with Gasteiger partial charge in [0.1, 0.15) is 17.3 Å². The van der Waals surface area contributed by atoms with Crippen molar-refractivity contribution in [3.8, 4) is 5.75 Å². The highest BCUT2D eigenvalue weighted by Crippen LogP contribution is 2.38. The number of fused-ring (bicyclic) bond motifs is 1. The molecule has 0 aliphatic carbocycles. The first-order chi connectivity index (χ1) is 9.92. The minimum atomic E-state index is -0.864. The van der Waals surface area contributed by atoms with Gasteiger partial charge in [-0.3, -0.25) is 9.59 Å². The maximum atomic E-state index is 12.8. The first-order valence-corrected chi connectivity index (χ1v) is 7.28. The molecule has 0 radical (unpaired) electrons. The number of carbonyl (C=O) groups is 2. The Bertz CT molecular complexity index is 597. The van der Waals surface area contributed by atoms with Gasteiger partial charge in [-0.15, -0.1) is 0 Å². The third-order valence-corrected chi connectivity index (χ3v) is 4.26. The van der Waals surface area contributed by atoms with Gasteiger partial charge in [0, 0.05) is 12.0 Å². The van der Waals surface area contributed by atoms with E-state index in [0.717, 1.165) is 11.3 Å². The quantitative estimate of drug-likeness (QED) is 0.854. The van der Waals surface area contributed by atoms with Gasteiger partial charge in [0.05, 0.1) is 12.6 Å². The number of hydrogen-bond donors (Lipinski definition) is 1. The molecule has 2 heterocycles. The number of amides is 2. The summed E-state index contributed by atoms with van der Waals surface area (Å²) in [7, 11) is 0. The van der Waals surface area contributed by atoms with Gasteiger partial charge in [0.2, 0.25) is 11.8 Å². The predicted molar refractivity (Wildman–Crippen MR) is 77.8 cm³/mol. The van der Waals surface area contributed by atoms with E-state index in [1.807, 2.05) is 24.3 Å². The van der Waals surface area contributed by atoms with Gasteiger partial charge in [-0.25, -0.2) is 0 Å². The Morgan fingerprint density at radius 2 is 2.00 bits per heavy atom. The lowest BCUT2D eigenvalue weighted by atomic mass is 9.91. The summed E-state index contributed by atoms with van der Waals surface area (Å²) in [4.78, 5) is 26.7. The molecule has 112 valence electrons. The Labute approximate surface area is 124 Å². The molecule has 1 aromatic rings. The van der Waals surface area contributed by atoms with Gasteiger partial charge >= 0.3 is 0 Å². The molecule has 2 atom stereocenters. The summed E-state index contributed by atoms with van der Waals surface area (Å²) in [6, 6.07) is 7.15. The highest BCUT2D eigenvalue weighted by molar-refractivity contribution is 5.99. The summed E-state index contributed by atoms with van der Waals surface area (Å²) in [5.41, 5.74) is 0.117. The van der Waals surface area contributed by atoms with Crippen LogP contribution in [0.15, 0.2) is 24.3 Å². The molecule has 2 aliphatic heterocycles. The molecule has 2 amide bonds. The molecule has 1 N–H and O–H groups in total. The van der Waals surface area contributed by atoms with E-state index in [-0.39, 0.29) is 17.9 Å².